The van der Waals surface area contributed by atoms with Crippen molar-refractivity contribution >= 4 is 27.7 Å². The average molecular weight is 623 g/mol. The molecular formula is C33H40BrN3O4. The number of hydrogen-bond acceptors (Lipinski definition) is 5. The van der Waals surface area contributed by atoms with E-state index in [2.05, 4.69) is 55.3 Å². The van der Waals surface area contributed by atoms with Crippen LogP contribution in [0.25, 0.3) is 0 Å². The molecule has 1 aliphatic heterocycles. The Morgan fingerprint density at radius 2 is 1.54 bits per heavy atom. The second-order valence-electron chi connectivity index (χ2n) is 10.5. The van der Waals surface area contributed by atoms with Gasteiger partial charge in [0.25, 0.3) is 5.91 Å². The van der Waals surface area contributed by atoms with Crippen molar-refractivity contribution in [3.63, 3.8) is 0 Å². The van der Waals surface area contributed by atoms with E-state index in [1.807, 2.05) is 49.4 Å². The van der Waals surface area contributed by atoms with Gasteiger partial charge >= 0.3 is 0 Å². The topological polar surface area (TPSA) is 71.1 Å². The fourth-order valence-corrected chi connectivity index (χ4v) is 5.51. The summed E-state index contributed by atoms with van der Waals surface area (Å²) in [6.07, 6.45) is 3.30. The minimum absolute atomic E-state index is 0.150. The lowest BCUT2D eigenvalue weighted by molar-refractivity contribution is -0.135. The first-order valence-corrected chi connectivity index (χ1v) is 15.0. The Morgan fingerprint density at radius 1 is 0.902 bits per heavy atom. The Labute approximate surface area is 252 Å². The summed E-state index contributed by atoms with van der Waals surface area (Å²) in [4.78, 5) is 30.5. The zero-order valence-corrected chi connectivity index (χ0v) is 25.8. The summed E-state index contributed by atoms with van der Waals surface area (Å²) in [6, 6.07) is 21.9. The van der Waals surface area contributed by atoms with E-state index in [0.717, 1.165) is 54.5 Å². The van der Waals surface area contributed by atoms with Gasteiger partial charge in [-0.25, -0.2) is 0 Å². The molecular weight excluding hydrogens is 582 g/mol. The van der Waals surface area contributed by atoms with Gasteiger partial charge in [-0.3, -0.25) is 14.5 Å². The highest BCUT2D eigenvalue weighted by Gasteiger charge is 2.27. The van der Waals surface area contributed by atoms with Crippen molar-refractivity contribution in [3.05, 3.63) is 93.5 Å². The molecule has 0 unspecified atom stereocenters. The zero-order chi connectivity index (χ0) is 29.2. The van der Waals surface area contributed by atoms with E-state index >= 15 is 0 Å². The van der Waals surface area contributed by atoms with Gasteiger partial charge in [-0.05, 0) is 72.4 Å². The van der Waals surface area contributed by atoms with Crippen LogP contribution in [0.2, 0.25) is 0 Å². The first-order chi connectivity index (χ1) is 19.9. The molecule has 0 aromatic heterocycles. The number of amides is 2. The average Bonchev–Trinajstić information content (AvgIpc) is 3.00. The molecule has 1 heterocycles. The van der Waals surface area contributed by atoms with E-state index in [9.17, 15) is 9.59 Å². The van der Waals surface area contributed by atoms with Crippen LogP contribution in [0.15, 0.2) is 71.2 Å². The number of nitrogens with zero attached hydrogens (tertiary/aromatic N) is 2. The largest absolute Gasteiger partial charge is 0.493 e. The van der Waals surface area contributed by atoms with Gasteiger partial charge < -0.3 is 19.7 Å². The lowest BCUT2D eigenvalue weighted by atomic mass is 10.0. The van der Waals surface area contributed by atoms with Gasteiger partial charge in [-0.2, -0.15) is 0 Å². The van der Waals surface area contributed by atoms with Crippen LogP contribution in [0.1, 0.15) is 59.7 Å². The highest BCUT2D eigenvalue weighted by Crippen LogP contribution is 2.27. The molecule has 0 saturated carbocycles. The smallest absolute Gasteiger partial charge is 0.251 e. The maximum atomic E-state index is 13.2. The van der Waals surface area contributed by atoms with Crippen LogP contribution in [0.3, 0.4) is 0 Å². The SMILES string of the molecule is CCCC(=O)N(Cc1ccc(C(=O)NCc2ccc(OC)c(OC)c2)cc1)C1CCN(Cc2ccc(Br)cc2)CC1. The van der Waals surface area contributed by atoms with E-state index < -0.39 is 0 Å². The summed E-state index contributed by atoms with van der Waals surface area (Å²) < 4.78 is 11.7. The predicted octanol–water partition coefficient (Wildman–Crippen LogP) is 6.19. The van der Waals surface area contributed by atoms with Gasteiger partial charge in [-0.15, -0.1) is 0 Å². The highest BCUT2D eigenvalue weighted by molar-refractivity contribution is 9.10. The molecule has 2 amide bonds. The molecule has 1 aliphatic rings. The standard InChI is InChI=1S/C33H40BrN3O4/c1-4-5-32(38)37(29-16-18-36(19-17-29)22-24-8-13-28(34)14-9-24)23-25-6-11-27(12-7-25)33(39)35-21-26-10-15-30(40-2)31(20-26)41-3/h6-15,20,29H,4-5,16-19,21-23H2,1-3H3,(H,35,39). The van der Waals surface area contributed by atoms with Gasteiger partial charge in [-0.1, -0.05) is 53.2 Å². The predicted molar refractivity (Wildman–Crippen MR) is 165 cm³/mol. The van der Waals surface area contributed by atoms with Crippen molar-refractivity contribution in [1.82, 2.24) is 15.1 Å². The number of piperidine rings is 1. The molecule has 0 bridgehead atoms. The van der Waals surface area contributed by atoms with Gasteiger partial charge in [0.1, 0.15) is 0 Å². The van der Waals surface area contributed by atoms with E-state index in [1.54, 1.807) is 14.2 Å². The number of rotatable bonds is 12. The second-order valence-corrected chi connectivity index (χ2v) is 11.4. The molecule has 1 N–H and O–H groups in total. The molecule has 0 atom stereocenters. The van der Waals surface area contributed by atoms with Crippen molar-refractivity contribution < 1.29 is 19.1 Å². The molecule has 8 heteroatoms. The fourth-order valence-electron chi connectivity index (χ4n) is 5.25. The van der Waals surface area contributed by atoms with Crippen LogP contribution in [-0.2, 0) is 24.4 Å². The van der Waals surface area contributed by atoms with Crippen LogP contribution in [-0.4, -0.2) is 55.0 Å². The first kappa shape index (κ1) is 30.6. The molecule has 3 aromatic carbocycles. The molecule has 0 spiro atoms. The third-order valence-corrected chi connectivity index (χ3v) is 8.10. The number of carbonyl (C=O) groups is 2. The molecule has 3 aromatic rings. The summed E-state index contributed by atoms with van der Waals surface area (Å²) in [5.74, 6) is 1.33. The Kier molecular flexibility index (Phi) is 11.2. The summed E-state index contributed by atoms with van der Waals surface area (Å²) in [6.45, 7) is 5.85. The lowest BCUT2D eigenvalue weighted by Gasteiger charge is -2.39. The first-order valence-electron chi connectivity index (χ1n) is 14.2. The number of carbonyl (C=O) groups excluding carboxylic acids is 2. The molecule has 218 valence electrons. The maximum absolute atomic E-state index is 13.2. The number of methoxy groups -OCH3 is 2. The third-order valence-electron chi connectivity index (χ3n) is 7.57. The van der Waals surface area contributed by atoms with E-state index in [1.165, 1.54) is 5.56 Å². The third kappa shape index (κ3) is 8.57. The lowest BCUT2D eigenvalue weighted by Crippen LogP contribution is -2.46. The normalized spacial score (nSPS) is 14.0. The maximum Gasteiger partial charge on any atom is 0.251 e. The van der Waals surface area contributed by atoms with Gasteiger partial charge in [0.2, 0.25) is 5.91 Å². The van der Waals surface area contributed by atoms with Crippen LogP contribution in [0.5, 0.6) is 11.5 Å². The molecule has 1 saturated heterocycles. The number of likely N-dealkylation sites (tertiary alicyclic amines) is 1. The number of ether oxygens (including phenoxy) is 2. The van der Waals surface area contributed by atoms with Crippen molar-refractivity contribution in [2.45, 2.75) is 58.3 Å². The quantitative estimate of drug-likeness (QED) is 0.261. The second kappa shape index (κ2) is 15.0. The summed E-state index contributed by atoms with van der Waals surface area (Å²) in [5.41, 5.74) is 3.84. The number of halogens is 1. The molecule has 4 rings (SSSR count). The van der Waals surface area contributed by atoms with E-state index in [4.69, 9.17) is 9.47 Å². The van der Waals surface area contributed by atoms with Gasteiger partial charge in [0, 0.05) is 55.2 Å². The number of hydrogen-bond donors (Lipinski definition) is 1. The molecule has 1 fully saturated rings. The summed E-state index contributed by atoms with van der Waals surface area (Å²) >= 11 is 3.50. The minimum Gasteiger partial charge on any atom is -0.493 e. The number of benzene rings is 3. The van der Waals surface area contributed by atoms with Crippen molar-refractivity contribution in [3.8, 4) is 11.5 Å². The van der Waals surface area contributed by atoms with Crippen molar-refractivity contribution in [2.75, 3.05) is 27.3 Å². The van der Waals surface area contributed by atoms with E-state index in [-0.39, 0.29) is 17.9 Å². The van der Waals surface area contributed by atoms with Crippen molar-refractivity contribution in [2.24, 2.45) is 0 Å². The Hall–Kier alpha value is -3.36. The van der Waals surface area contributed by atoms with E-state index in [0.29, 0.717) is 36.6 Å². The molecule has 41 heavy (non-hydrogen) atoms. The number of nitrogens with one attached hydrogen (secondary N) is 1. The monoisotopic (exact) mass is 621 g/mol. The van der Waals surface area contributed by atoms with Crippen LogP contribution >= 0.6 is 15.9 Å². The van der Waals surface area contributed by atoms with Gasteiger partial charge in [0.15, 0.2) is 11.5 Å². The molecule has 0 radical (unpaired) electrons. The minimum atomic E-state index is -0.150. The summed E-state index contributed by atoms with van der Waals surface area (Å²) in [5, 5.41) is 2.97. The fraction of sp³-hybridized carbons (Fsp3) is 0.394. The molecule has 0 aliphatic carbocycles. The highest BCUT2D eigenvalue weighted by atomic mass is 79.9. The molecule has 7 nitrogen and oxygen atoms in total. The Balaban J connectivity index is 1.33. The Morgan fingerprint density at radius 3 is 2.17 bits per heavy atom. The Bertz CT molecular complexity index is 1290. The van der Waals surface area contributed by atoms with Gasteiger partial charge in [0.05, 0.1) is 14.2 Å². The summed E-state index contributed by atoms with van der Waals surface area (Å²) in [7, 11) is 3.18. The zero-order valence-electron chi connectivity index (χ0n) is 24.2. The van der Waals surface area contributed by atoms with Crippen molar-refractivity contribution in [1.29, 1.82) is 0 Å². The van der Waals surface area contributed by atoms with Crippen LogP contribution < -0.4 is 14.8 Å². The van der Waals surface area contributed by atoms with Crippen LogP contribution in [0.4, 0.5) is 0 Å². The van der Waals surface area contributed by atoms with Crippen LogP contribution in [0, 0.1) is 0 Å².